The van der Waals surface area contributed by atoms with Crippen molar-refractivity contribution in [2.75, 3.05) is 9.80 Å². The van der Waals surface area contributed by atoms with Gasteiger partial charge in [0.2, 0.25) is 0 Å². The Bertz CT molecular complexity index is 4340. The maximum Gasteiger partial charge on any atom is 0.0561 e. The zero-order valence-electron chi connectivity index (χ0n) is 39.1. The molecule has 0 radical (unpaired) electrons. The predicted octanol–water partition coefficient (Wildman–Crippen LogP) is 20.7. The van der Waals surface area contributed by atoms with Gasteiger partial charge >= 0.3 is 0 Å². The van der Waals surface area contributed by atoms with Crippen LogP contribution in [0.4, 0.5) is 34.1 Å². The van der Waals surface area contributed by atoms with Gasteiger partial charge in [-0.25, -0.2) is 0 Å². The molecule has 0 atom stereocenters. The fourth-order valence-corrected chi connectivity index (χ4v) is 13.4. The minimum absolute atomic E-state index is 1.08. The molecule has 2 nitrogen and oxygen atoms in total. The van der Waals surface area contributed by atoms with Gasteiger partial charge in [0, 0.05) is 62.5 Å². The number of rotatable bonds is 9. The van der Waals surface area contributed by atoms with Crippen LogP contribution >= 0.6 is 22.7 Å². The van der Waals surface area contributed by atoms with Gasteiger partial charge in [-0.3, -0.25) is 0 Å². The normalized spacial score (nSPS) is 11.6. The molecule has 0 bridgehead atoms. The van der Waals surface area contributed by atoms with Crippen molar-refractivity contribution in [3.05, 3.63) is 267 Å². The molecule has 4 heteroatoms. The van der Waals surface area contributed by atoms with Gasteiger partial charge in [-0.15, -0.1) is 22.7 Å². The molecule has 0 unspecified atom stereocenters. The van der Waals surface area contributed by atoms with Gasteiger partial charge in [-0.05, 0) is 99.1 Å². The fourth-order valence-electron chi connectivity index (χ4n) is 11.0. The summed E-state index contributed by atoms with van der Waals surface area (Å²) in [5, 5.41) is 9.90. The van der Waals surface area contributed by atoms with Crippen LogP contribution < -0.4 is 9.80 Å². The second kappa shape index (κ2) is 17.6. The first-order chi connectivity index (χ1) is 35.7. The van der Waals surface area contributed by atoms with Gasteiger partial charge in [0.25, 0.3) is 0 Å². The standard InChI is InChI=1S/C68H44N2S2/c1-3-20-45(21-4-1)46-38-40-49(41-39-46)69(62-44-48-24-7-8-25-51(48)68-67(62)57-31-14-18-36-64(57)72-68)58-32-15-11-28-54(58)55-29-12-16-33-59(55)70(61-34-19-37-65-66(61)56-30-13-17-35-63(56)71-65)60-43-42-50(47-22-5-2-6-23-47)52-26-9-10-27-53(52)60/h1-44H. The van der Waals surface area contributed by atoms with E-state index in [1.54, 1.807) is 0 Å². The zero-order valence-corrected chi connectivity index (χ0v) is 40.7. The molecule has 0 saturated heterocycles. The van der Waals surface area contributed by atoms with E-state index in [0.717, 1.165) is 45.3 Å². The van der Waals surface area contributed by atoms with Crippen molar-refractivity contribution in [3.8, 4) is 33.4 Å². The van der Waals surface area contributed by atoms with E-state index < -0.39 is 0 Å². The van der Waals surface area contributed by atoms with Crippen molar-refractivity contribution in [3.63, 3.8) is 0 Å². The number of fused-ring (bicyclic) bond motifs is 9. The summed E-state index contributed by atoms with van der Waals surface area (Å²) in [5.41, 5.74) is 13.7. The highest BCUT2D eigenvalue weighted by Crippen LogP contribution is 2.54. The Morgan fingerprint density at radius 2 is 0.764 bits per heavy atom. The molecule has 2 aromatic heterocycles. The number of nitrogens with zero attached hydrogens (tertiary/aromatic N) is 2. The molecule has 0 amide bonds. The number of hydrogen-bond donors (Lipinski definition) is 0. The number of hydrogen-bond acceptors (Lipinski definition) is 4. The average Bonchev–Trinajstić information content (AvgIpc) is 4.04. The lowest BCUT2D eigenvalue weighted by atomic mass is 9.94. The average molecular weight is 953 g/mol. The summed E-state index contributed by atoms with van der Waals surface area (Å²) in [6.07, 6.45) is 0. The highest BCUT2D eigenvalue weighted by molar-refractivity contribution is 7.27. The summed E-state index contributed by atoms with van der Waals surface area (Å²) < 4.78 is 5.11. The quantitative estimate of drug-likeness (QED) is 0.142. The first kappa shape index (κ1) is 42.1. The van der Waals surface area contributed by atoms with E-state index in [9.17, 15) is 0 Å². The van der Waals surface area contributed by atoms with Gasteiger partial charge in [-0.2, -0.15) is 0 Å². The van der Waals surface area contributed by atoms with E-state index in [4.69, 9.17) is 0 Å². The Kier molecular flexibility index (Phi) is 10.3. The molecule has 0 saturated carbocycles. The molecule has 0 fully saturated rings. The molecule has 2 heterocycles. The first-order valence-electron chi connectivity index (χ1n) is 24.5. The van der Waals surface area contributed by atoms with Crippen LogP contribution in [-0.4, -0.2) is 0 Å². The third-order valence-electron chi connectivity index (χ3n) is 14.3. The highest BCUT2D eigenvalue weighted by Gasteiger charge is 2.27. The van der Waals surface area contributed by atoms with E-state index in [-0.39, 0.29) is 0 Å². The summed E-state index contributed by atoms with van der Waals surface area (Å²) in [4.78, 5) is 5.07. The molecule has 14 rings (SSSR count). The van der Waals surface area contributed by atoms with Gasteiger partial charge in [0.1, 0.15) is 0 Å². The van der Waals surface area contributed by atoms with Crippen LogP contribution in [0.2, 0.25) is 0 Å². The van der Waals surface area contributed by atoms with E-state index in [1.165, 1.54) is 84.1 Å². The summed E-state index contributed by atoms with van der Waals surface area (Å²) in [5.74, 6) is 0. The Morgan fingerprint density at radius 3 is 1.49 bits per heavy atom. The van der Waals surface area contributed by atoms with Crippen LogP contribution in [0.15, 0.2) is 267 Å². The van der Waals surface area contributed by atoms with Crippen molar-refractivity contribution in [2.45, 2.75) is 0 Å². The molecule has 0 spiro atoms. The first-order valence-corrected chi connectivity index (χ1v) is 26.1. The Labute approximate surface area is 426 Å². The minimum atomic E-state index is 1.08. The summed E-state index contributed by atoms with van der Waals surface area (Å²) in [7, 11) is 0. The number of benzene rings is 12. The number of anilines is 6. The topological polar surface area (TPSA) is 6.48 Å². The summed E-state index contributed by atoms with van der Waals surface area (Å²) >= 11 is 3.74. The molecular formula is C68H44N2S2. The highest BCUT2D eigenvalue weighted by atomic mass is 32.1. The lowest BCUT2D eigenvalue weighted by molar-refractivity contribution is 1.29. The van der Waals surface area contributed by atoms with Crippen molar-refractivity contribution < 1.29 is 0 Å². The zero-order chi connectivity index (χ0) is 47.5. The maximum atomic E-state index is 2.55. The molecule has 14 aromatic rings. The molecule has 72 heavy (non-hydrogen) atoms. The minimum Gasteiger partial charge on any atom is -0.309 e. The monoisotopic (exact) mass is 952 g/mol. The predicted molar refractivity (Wildman–Crippen MR) is 313 cm³/mol. The lowest BCUT2D eigenvalue weighted by Gasteiger charge is -2.32. The van der Waals surface area contributed by atoms with Crippen molar-refractivity contribution in [2.24, 2.45) is 0 Å². The van der Waals surface area contributed by atoms with Crippen LogP contribution in [0.1, 0.15) is 0 Å². The van der Waals surface area contributed by atoms with E-state index in [1.807, 2.05) is 22.7 Å². The Hall–Kier alpha value is -8.80. The fraction of sp³-hybridized carbons (Fsp3) is 0. The number of para-hydroxylation sites is 2. The maximum absolute atomic E-state index is 2.55. The van der Waals surface area contributed by atoms with Crippen LogP contribution in [0.25, 0.3) is 95.3 Å². The van der Waals surface area contributed by atoms with Crippen LogP contribution in [0.3, 0.4) is 0 Å². The van der Waals surface area contributed by atoms with Crippen molar-refractivity contribution >= 4 is 119 Å². The summed E-state index contributed by atoms with van der Waals surface area (Å²) in [6, 6.07) is 98.1. The van der Waals surface area contributed by atoms with Gasteiger partial charge in [0.05, 0.1) is 28.4 Å². The lowest BCUT2D eigenvalue weighted by Crippen LogP contribution is -2.14. The molecule has 0 aliphatic carbocycles. The largest absolute Gasteiger partial charge is 0.309 e. The van der Waals surface area contributed by atoms with E-state index in [0.29, 0.717) is 0 Å². The Morgan fingerprint density at radius 1 is 0.250 bits per heavy atom. The molecule has 12 aromatic carbocycles. The second-order valence-electron chi connectivity index (χ2n) is 18.3. The summed E-state index contributed by atoms with van der Waals surface area (Å²) in [6.45, 7) is 0. The Balaban J connectivity index is 1.05. The van der Waals surface area contributed by atoms with E-state index >= 15 is 0 Å². The van der Waals surface area contributed by atoms with Gasteiger partial charge in [0.15, 0.2) is 0 Å². The smallest absolute Gasteiger partial charge is 0.0561 e. The van der Waals surface area contributed by atoms with Crippen LogP contribution in [0.5, 0.6) is 0 Å². The second-order valence-corrected chi connectivity index (χ2v) is 20.5. The van der Waals surface area contributed by atoms with Crippen LogP contribution in [0, 0.1) is 0 Å². The van der Waals surface area contributed by atoms with Gasteiger partial charge in [-0.1, -0.05) is 206 Å². The van der Waals surface area contributed by atoms with E-state index in [2.05, 4.69) is 277 Å². The molecule has 0 aliphatic heterocycles. The molecule has 0 N–H and O–H groups in total. The SMILES string of the molecule is c1ccc(-c2ccc(N(c3ccccc3-c3ccccc3N(c3ccc(-c4ccccc4)c4ccccc34)c3cccc4sc5ccccc5c34)c3cc4ccccc4c4sc5ccccc5c34)cc2)cc1. The van der Waals surface area contributed by atoms with Crippen LogP contribution in [-0.2, 0) is 0 Å². The van der Waals surface area contributed by atoms with Crippen molar-refractivity contribution in [1.29, 1.82) is 0 Å². The molecule has 0 aliphatic rings. The third kappa shape index (κ3) is 6.98. The number of thiophene rings is 2. The molecule has 338 valence electrons. The van der Waals surface area contributed by atoms with Crippen molar-refractivity contribution in [1.82, 2.24) is 0 Å². The molecular weight excluding hydrogens is 909 g/mol. The third-order valence-corrected chi connectivity index (χ3v) is 16.6. The van der Waals surface area contributed by atoms with Gasteiger partial charge < -0.3 is 9.80 Å².